The summed E-state index contributed by atoms with van der Waals surface area (Å²) < 4.78 is 5.14. The van der Waals surface area contributed by atoms with Gasteiger partial charge in [0.15, 0.2) is 5.82 Å². The Kier molecular flexibility index (Phi) is 2.15. The van der Waals surface area contributed by atoms with Gasteiger partial charge in [0.1, 0.15) is 0 Å². The van der Waals surface area contributed by atoms with Gasteiger partial charge in [-0.25, -0.2) is 0 Å². The van der Waals surface area contributed by atoms with Crippen LogP contribution in [-0.2, 0) is 5.88 Å². The molecule has 3 aromatic rings. The van der Waals surface area contributed by atoms with Gasteiger partial charge in [-0.1, -0.05) is 23.4 Å². The van der Waals surface area contributed by atoms with Gasteiger partial charge in [-0.3, -0.25) is 0 Å². The molecule has 0 unspecified atom stereocenters. The summed E-state index contributed by atoms with van der Waals surface area (Å²) in [6.07, 6.45) is 1.86. The first-order valence-electron chi connectivity index (χ1n) is 4.83. The highest BCUT2D eigenvalue weighted by Crippen LogP contribution is 2.26. The number of aromatic nitrogens is 3. The van der Waals surface area contributed by atoms with Gasteiger partial charge in [0.05, 0.1) is 11.4 Å². The van der Waals surface area contributed by atoms with Crippen molar-refractivity contribution in [1.29, 1.82) is 0 Å². The number of H-pyrrole nitrogens is 1. The van der Waals surface area contributed by atoms with Crippen LogP contribution in [0.25, 0.3) is 22.4 Å². The maximum atomic E-state index is 5.63. The summed E-state index contributed by atoms with van der Waals surface area (Å²) in [4.78, 5) is 7.34. The molecular weight excluding hydrogens is 226 g/mol. The third-order valence-electron chi connectivity index (χ3n) is 2.41. The van der Waals surface area contributed by atoms with Crippen LogP contribution in [0, 0.1) is 0 Å². The van der Waals surface area contributed by atoms with E-state index in [4.69, 9.17) is 16.1 Å². The van der Waals surface area contributed by atoms with E-state index in [0.717, 1.165) is 16.5 Å². The molecule has 0 saturated carbocycles. The Morgan fingerprint density at radius 3 is 3.00 bits per heavy atom. The quantitative estimate of drug-likeness (QED) is 0.693. The lowest BCUT2D eigenvalue weighted by Crippen LogP contribution is -1.79. The molecule has 0 fully saturated rings. The average molecular weight is 234 g/mol. The smallest absolute Gasteiger partial charge is 0.260 e. The third kappa shape index (κ3) is 1.39. The van der Waals surface area contributed by atoms with Gasteiger partial charge in [0.25, 0.3) is 5.89 Å². The van der Waals surface area contributed by atoms with Crippen molar-refractivity contribution in [2.75, 3.05) is 0 Å². The summed E-state index contributed by atoms with van der Waals surface area (Å²) >= 11 is 5.63. The van der Waals surface area contributed by atoms with Crippen LogP contribution in [-0.4, -0.2) is 15.1 Å². The molecule has 5 heteroatoms. The Bertz CT molecular complexity index is 629. The molecule has 1 N–H and O–H groups in total. The molecular formula is C11H8ClN3O. The van der Waals surface area contributed by atoms with Gasteiger partial charge in [-0.2, -0.15) is 4.98 Å². The van der Waals surface area contributed by atoms with Crippen LogP contribution in [0.5, 0.6) is 0 Å². The van der Waals surface area contributed by atoms with E-state index < -0.39 is 0 Å². The van der Waals surface area contributed by atoms with Crippen LogP contribution >= 0.6 is 11.6 Å². The molecule has 0 aliphatic carbocycles. The lowest BCUT2D eigenvalue weighted by Gasteiger charge is -1.90. The van der Waals surface area contributed by atoms with Gasteiger partial charge in [-0.15, -0.1) is 11.6 Å². The van der Waals surface area contributed by atoms with Gasteiger partial charge in [-0.05, 0) is 6.07 Å². The second-order valence-corrected chi connectivity index (χ2v) is 3.66. The van der Waals surface area contributed by atoms with Crippen LogP contribution < -0.4 is 0 Å². The number of alkyl halides is 1. The minimum Gasteiger partial charge on any atom is -0.360 e. The van der Waals surface area contributed by atoms with E-state index in [-0.39, 0.29) is 5.88 Å². The van der Waals surface area contributed by atoms with Gasteiger partial charge in [0.2, 0.25) is 0 Å². The second-order valence-electron chi connectivity index (χ2n) is 3.40. The number of fused-ring (bicyclic) bond motifs is 1. The number of benzene rings is 1. The zero-order valence-corrected chi connectivity index (χ0v) is 9.03. The average Bonchev–Trinajstić information content (AvgIpc) is 2.94. The highest BCUT2D eigenvalue weighted by molar-refractivity contribution is 6.16. The Balaban J connectivity index is 2.18. The van der Waals surface area contributed by atoms with Crippen LogP contribution in [0.15, 0.2) is 35.0 Å². The normalized spacial score (nSPS) is 11.1. The first kappa shape index (κ1) is 9.42. The van der Waals surface area contributed by atoms with Crippen molar-refractivity contribution < 1.29 is 4.52 Å². The van der Waals surface area contributed by atoms with Crippen molar-refractivity contribution in [2.45, 2.75) is 5.88 Å². The Labute approximate surface area is 96.2 Å². The summed E-state index contributed by atoms with van der Waals surface area (Å²) in [6, 6.07) is 7.95. The first-order valence-corrected chi connectivity index (χ1v) is 5.37. The molecule has 3 rings (SSSR count). The van der Waals surface area contributed by atoms with Crippen LogP contribution in [0.2, 0.25) is 0 Å². The first-order chi connectivity index (χ1) is 7.88. The van der Waals surface area contributed by atoms with Crippen LogP contribution in [0.4, 0.5) is 0 Å². The lowest BCUT2D eigenvalue weighted by atomic mass is 10.2. The molecule has 1 aromatic carbocycles. The maximum Gasteiger partial charge on any atom is 0.260 e. The minimum atomic E-state index is 0.256. The SMILES string of the molecule is ClCc1noc(-c2c[nH]c3ccccc23)n1. The number of halogens is 1. The molecule has 0 bridgehead atoms. The summed E-state index contributed by atoms with van der Waals surface area (Å²) in [5.74, 6) is 1.25. The third-order valence-corrected chi connectivity index (χ3v) is 2.65. The number of nitrogens with zero attached hydrogens (tertiary/aromatic N) is 2. The number of aromatic amines is 1. The Morgan fingerprint density at radius 2 is 2.19 bits per heavy atom. The lowest BCUT2D eigenvalue weighted by molar-refractivity contribution is 0.425. The number of nitrogens with one attached hydrogen (secondary N) is 1. The Hall–Kier alpha value is -1.81. The molecule has 4 nitrogen and oxygen atoms in total. The van der Waals surface area contributed by atoms with Crippen LogP contribution in [0.1, 0.15) is 5.82 Å². The minimum absolute atomic E-state index is 0.256. The predicted octanol–water partition coefficient (Wildman–Crippen LogP) is 2.96. The maximum absolute atomic E-state index is 5.63. The summed E-state index contributed by atoms with van der Waals surface area (Å²) in [6.45, 7) is 0. The molecule has 0 radical (unpaired) electrons. The van der Waals surface area contributed by atoms with Crippen molar-refractivity contribution in [2.24, 2.45) is 0 Å². The number of hydrogen-bond acceptors (Lipinski definition) is 3. The Morgan fingerprint density at radius 1 is 1.31 bits per heavy atom. The van der Waals surface area contributed by atoms with E-state index in [1.807, 2.05) is 30.5 Å². The molecule has 2 aromatic heterocycles. The molecule has 0 saturated heterocycles. The number of para-hydroxylation sites is 1. The van der Waals surface area contributed by atoms with E-state index in [0.29, 0.717) is 11.7 Å². The van der Waals surface area contributed by atoms with Gasteiger partial charge in [0, 0.05) is 17.1 Å². The second kappa shape index (κ2) is 3.64. The molecule has 0 aliphatic heterocycles. The molecule has 0 spiro atoms. The molecule has 0 amide bonds. The molecule has 0 atom stereocenters. The predicted molar refractivity (Wildman–Crippen MR) is 61.1 cm³/mol. The van der Waals surface area contributed by atoms with Crippen LogP contribution in [0.3, 0.4) is 0 Å². The van der Waals surface area contributed by atoms with Crippen molar-refractivity contribution in [3.63, 3.8) is 0 Å². The van der Waals surface area contributed by atoms with E-state index in [2.05, 4.69) is 15.1 Å². The molecule has 80 valence electrons. The largest absolute Gasteiger partial charge is 0.360 e. The monoisotopic (exact) mass is 233 g/mol. The highest BCUT2D eigenvalue weighted by atomic mass is 35.5. The molecule has 16 heavy (non-hydrogen) atoms. The standard InChI is InChI=1S/C11H8ClN3O/c12-5-10-14-11(16-15-10)8-6-13-9-4-2-1-3-7(8)9/h1-4,6,13H,5H2. The topological polar surface area (TPSA) is 54.7 Å². The highest BCUT2D eigenvalue weighted by Gasteiger charge is 2.12. The fraction of sp³-hybridized carbons (Fsp3) is 0.0909. The molecule has 0 aliphatic rings. The summed E-state index contributed by atoms with van der Waals surface area (Å²) in [5.41, 5.74) is 1.95. The van der Waals surface area contributed by atoms with E-state index >= 15 is 0 Å². The van der Waals surface area contributed by atoms with Crippen molar-refractivity contribution in [3.8, 4) is 11.5 Å². The van der Waals surface area contributed by atoms with Crippen molar-refractivity contribution >= 4 is 22.5 Å². The van der Waals surface area contributed by atoms with E-state index in [9.17, 15) is 0 Å². The zero-order valence-electron chi connectivity index (χ0n) is 8.27. The fourth-order valence-corrected chi connectivity index (χ4v) is 1.77. The van der Waals surface area contributed by atoms with E-state index in [1.54, 1.807) is 0 Å². The van der Waals surface area contributed by atoms with E-state index in [1.165, 1.54) is 0 Å². The summed E-state index contributed by atoms with van der Waals surface area (Å²) in [5, 5.41) is 4.83. The van der Waals surface area contributed by atoms with Crippen molar-refractivity contribution in [3.05, 3.63) is 36.3 Å². The van der Waals surface area contributed by atoms with Gasteiger partial charge >= 0.3 is 0 Å². The number of rotatable bonds is 2. The number of hydrogen-bond donors (Lipinski definition) is 1. The van der Waals surface area contributed by atoms with Crippen molar-refractivity contribution in [1.82, 2.24) is 15.1 Å². The fourth-order valence-electron chi connectivity index (χ4n) is 1.67. The van der Waals surface area contributed by atoms with Gasteiger partial charge < -0.3 is 9.51 Å². The molecule has 2 heterocycles. The zero-order chi connectivity index (χ0) is 11.0. The summed E-state index contributed by atoms with van der Waals surface area (Å²) in [7, 11) is 0.